The van der Waals surface area contributed by atoms with E-state index in [1.807, 2.05) is 30.7 Å². The Kier molecular flexibility index (Phi) is 7.26. The van der Waals surface area contributed by atoms with Gasteiger partial charge in [-0.05, 0) is 51.0 Å². The van der Waals surface area contributed by atoms with Gasteiger partial charge in [-0.2, -0.15) is 0 Å². The van der Waals surface area contributed by atoms with Crippen LogP contribution >= 0.6 is 11.8 Å². The minimum Gasteiger partial charge on any atom is -0.355 e. The molecule has 0 saturated carbocycles. The fourth-order valence-corrected chi connectivity index (χ4v) is 3.36. The molecule has 0 aliphatic carbocycles. The number of nitrogens with one attached hydrogen (secondary N) is 1. The number of amides is 2. The summed E-state index contributed by atoms with van der Waals surface area (Å²) in [5.74, 6) is 0.0393. The Morgan fingerprint density at radius 2 is 2.00 bits per heavy atom. The number of rotatable bonds is 8. The van der Waals surface area contributed by atoms with E-state index in [1.165, 1.54) is 22.9 Å². The van der Waals surface area contributed by atoms with Crippen molar-refractivity contribution in [2.75, 3.05) is 25.4 Å². The van der Waals surface area contributed by atoms with Crippen LogP contribution < -0.4 is 5.32 Å². The van der Waals surface area contributed by atoms with E-state index in [-0.39, 0.29) is 24.1 Å². The smallest absolute Gasteiger partial charge is 0.239 e. The number of carbonyl (C=O) groups is 2. The fourth-order valence-electron chi connectivity index (χ4n) is 2.49. The highest BCUT2D eigenvalue weighted by atomic mass is 32.2. The van der Waals surface area contributed by atoms with Gasteiger partial charge in [0.05, 0.1) is 12.3 Å². The molecule has 0 bridgehead atoms. The lowest BCUT2D eigenvalue weighted by Crippen LogP contribution is -2.41. The number of imidazole rings is 1. The molecule has 7 heteroatoms. The normalized spacial score (nSPS) is 10.6. The summed E-state index contributed by atoms with van der Waals surface area (Å²) in [5.41, 5.74) is 3.47. The molecule has 0 unspecified atom stereocenters. The topological polar surface area (TPSA) is 67.2 Å². The molecule has 0 aliphatic rings. The number of thioether (sulfide) groups is 1. The summed E-state index contributed by atoms with van der Waals surface area (Å²) in [4.78, 5) is 30.1. The molecule has 2 amide bonds. The van der Waals surface area contributed by atoms with Crippen molar-refractivity contribution >= 4 is 23.6 Å². The first kappa shape index (κ1) is 20.0. The average Bonchev–Trinajstić information content (AvgIpc) is 3.08. The van der Waals surface area contributed by atoms with Crippen LogP contribution in [-0.2, 0) is 9.59 Å². The van der Waals surface area contributed by atoms with Gasteiger partial charge in [-0.1, -0.05) is 17.8 Å². The zero-order chi connectivity index (χ0) is 19.1. The standard InChI is InChI=1S/C19H26N4O2S/c1-5-20-17(24)12-22(6-2)18(25)13-26-19-21-9-10-23(19)16-8-7-14(3)15(4)11-16/h7-11H,5-6,12-13H2,1-4H3,(H,20,24). The van der Waals surface area contributed by atoms with E-state index in [9.17, 15) is 9.59 Å². The average molecular weight is 375 g/mol. The number of likely N-dealkylation sites (N-methyl/N-ethyl adjacent to an activating group) is 2. The van der Waals surface area contributed by atoms with E-state index in [0.29, 0.717) is 13.1 Å². The lowest BCUT2D eigenvalue weighted by Gasteiger charge is -2.20. The minimum absolute atomic E-state index is 0.0709. The second kappa shape index (κ2) is 9.43. The van der Waals surface area contributed by atoms with Crippen LogP contribution in [0.4, 0.5) is 0 Å². The van der Waals surface area contributed by atoms with Gasteiger partial charge in [-0.25, -0.2) is 4.98 Å². The first-order valence-corrected chi connectivity index (χ1v) is 9.73. The molecule has 140 valence electrons. The summed E-state index contributed by atoms with van der Waals surface area (Å²) in [7, 11) is 0. The van der Waals surface area contributed by atoms with Crippen molar-refractivity contribution in [2.45, 2.75) is 32.9 Å². The van der Waals surface area contributed by atoms with Gasteiger partial charge < -0.3 is 10.2 Å². The van der Waals surface area contributed by atoms with Crippen LogP contribution in [0.25, 0.3) is 5.69 Å². The van der Waals surface area contributed by atoms with Gasteiger partial charge in [0.1, 0.15) is 0 Å². The van der Waals surface area contributed by atoms with Gasteiger partial charge in [0.2, 0.25) is 11.8 Å². The summed E-state index contributed by atoms with van der Waals surface area (Å²) in [6.45, 7) is 9.04. The Morgan fingerprint density at radius 1 is 1.23 bits per heavy atom. The molecule has 1 N–H and O–H groups in total. The number of aromatic nitrogens is 2. The van der Waals surface area contributed by atoms with Crippen molar-refractivity contribution in [1.82, 2.24) is 19.8 Å². The van der Waals surface area contributed by atoms with Crippen molar-refractivity contribution in [2.24, 2.45) is 0 Å². The van der Waals surface area contributed by atoms with Crippen molar-refractivity contribution in [3.05, 3.63) is 41.7 Å². The second-order valence-electron chi connectivity index (χ2n) is 6.00. The molecular formula is C19H26N4O2S. The molecule has 0 aliphatic heterocycles. The Morgan fingerprint density at radius 3 is 2.65 bits per heavy atom. The summed E-state index contributed by atoms with van der Waals surface area (Å²) in [5, 5.41) is 3.48. The van der Waals surface area contributed by atoms with E-state index in [2.05, 4.69) is 36.3 Å². The predicted molar refractivity (Wildman–Crippen MR) is 105 cm³/mol. The number of benzene rings is 1. The highest BCUT2D eigenvalue weighted by Crippen LogP contribution is 2.22. The summed E-state index contributed by atoms with van der Waals surface area (Å²) < 4.78 is 1.98. The number of carbonyl (C=O) groups excluding carboxylic acids is 2. The zero-order valence-corrected chi connectivity index (χ0v) is 16.6. The molecule has 6 nitrogen and oxygen atoms in total. The molecule has 0 spiro atoms. The first-order chi connectivity index (χ1) is 12.5. The molecule has 2 rings (SSSR count). The summed E-state index contributed by atoms with van der Waals surface area (Å²) in [6.07, 6.45) is 3.62. The molecule has 1 aromatic carbocycles. The molecule has 26 heavy (non-hydrogen) atoms. The molecular weight excluding hydrogens is 348 g/mol. The van der Waals surface area contributed by atoms with Crippen LogP contribution in [0.1, 0.15) is 25.0 Å². The molecule has 2 aromatic rings. The molecule has 1 heterocycles. The van der Waals surface area contributed by atoms with Crippen molar-refractivity contribution in [3.8, 4) is 5.69 Å². The molecule has 0 radical (unpaired) electrons. The first-order valence-electron chi connectivity index (χ1n) is 8.74. The maximum absolute atomic E-state index is 12.4. The third-order valence-corrected chi connectivity index (χ3v) is 5.09. The van der Waals surface area contributed by atoms with Crippen LogP contribution in [0.15, 0.2) is 35.7 Å². The Hall–Kier alpha value is -2.28. The van der Waals surface area contributed by atoms with E-state index >= 15 is 0 Å². The number of hydrogen-bond acceptors (Lipinski definition) is 4. The van der Waals surface area contributed by atoms with Crippen LogP contribution in [0, 0.1) is 13.8 Å². The van der Waals surface area contributed by atoms with Gasteiger partial charge in [0.25, 0.3) is 0 Å². The van der Waals surface area contributed by atoms with Gasteiger partial charge >= 0.3 is 0 Å². The third kappa shape index (κ3) is 5.11. The predicted octanol–water partition coefficient (Wildman–Crippen LogP) is 2.57. The van der Waals surface area contributed by atoms with E-state index in [0.717, 1.165) is 10.8 Å². The van der Waals surface area contributed by atoms with E-state index < -0.39 is 0 Å². The Balaban J connectivity index is 2.03. The highest BCUT2D eigenvalue weighted by Gasteiger charge is 2.17. The van der Waals surface area contributed by atoms with Crippen molar-refractivity contribution in [1.29, 1.82) is 0 Å². The van der Waals surface area contributed by atoms with Crippen LogP contribution in [0.2, 0.25) is 0 Å². The van der Waals surface area contributed by atoms with E-state index in [4.69, 9.17) is 0 Å². The molecule has 0 saturated heterocycles. The number of nitrogens with zero attached hydrogens (tertiary/aromatic N) is 3. The van der Waals surface area contributed by atoms with Gasteiger partial charge in [-0.15, -0.1) is 0 Å². The molecule has 0 atom stereocenters. The SMILES string of the molecule is CCNC(=O)CN(CC)C(=O)CSc1nccn1-c1ccc(C)c(C)c1. The van der Waals surface area contributed by atoms with Crippen molar-refractivity contribution in [3.63, 3.8) is 0 Å². The summed E-state index contributed by atoms with van der Waals surface area (Å²) in [6, 6.07) is 6.23. The lowest BCUT2D eigenvalue weighted by molar-refractivity contribution is -0.133. The number of hydrogen-bond donors (Lipinski definition) is 1. The largest absolute Gasteiger partial charge is 0.355 e. The lowest BCUT2D eigenvalue weighted by atomic mass is 10.1. The fraction of sp³-hybridized carbons (Fsp3) is 0.421. The number of aryl methyl sites for hydroxylation is 2. The van der Waals surface area contributed by atoms with Gasteiger partial charge in [0, 0.05) is 31.2 Å². The zero-order valence-electron chi connectivity index (χ0n) is 15.8. The Bertz CT molecular complexity index is 773. The highest BCUT2D eigenvalue weighted by molar-refractivity contribution is 7.99. The monoisotopic (exact) mass is 374 g/mol. The molecule has 0 fully saturated rings. The quantitative estimate of drug-likeness (QED) is 0.721. The minimum atomic E-state index is -0.135. The third-order valence-electron chi connectivity index (χ3n) is 4.14. The summed E-state index contributed by atoms with van der Waals surface area (Å²) >= 11 is 1.38. The van der Waals surface area contributed by atoms with Crippen LogP contribution in [-0.4, -0.2) is 51.7 Å². The maximum atomic E-state index is 12.4. The van der Waals surface area contributed by atoms with Crippen molar-refractivity contribution < 1.29 is 9.59 Å². The van der Waals surface area contributed by atoms with Gasteiger partial charge in [0.15, 0.2) is 5.16 Å². The van der Waals surface area contributed by atoms with Crippen LogP contribution in [0.5, 0.6) is 0 Å². The second-order valence-corrected chi connectivity index (χ2v) is 6.94. The maximum Gasteiger partial charge on any atom is 0.239 e. The Labute approximate surface area is 159 Å². The van der Waals surface area contributed by atoms with Gasteiger partial charge in [-0.3, -0.25) is 14.2 Å². The van der Waals surface area contributed by atoms with E-state index in [1.54, 1.807) is 11.1 Å². The molecule has 1 aromatic heterocycles. The van der Waals surface area contributed by atoms with Crippen LogP contribution in [0.3, 0.4) is 0 Å².